The van der Waals surface area contributed by atoms with E-state index in [4.69, 9.17) is 5.73 Å². The fourth-order valence-corrected chi connectivity index (χ4v) is 2.12. The van der Waals surface area contributed by atoms with Crippen LogP contribution in [0.25, 0.3) is 0 Å². The van der Waals surface area contributed by atoms with Crippen molar-refractivity contribution in [3.05, 3.63) is 53.9 Å². The van der Waals surface area contributed by atoms with Crippen LogP contribution in [-0.2, 0) is 6.54 Å². The number of pyridine rings is 1. The van der Waals surface area contributed by atoms with Gasteiger partial charge in [-0.05, 0) is 37.6 Å². The Labute approximate surface area is 119 Å². The van der Waals surface area contributed by atoms with Gasteiger partial charge in [0, 0.05) is 24.5 Å². The SMILES string of the molecule is CC(C)N(Cc1ccccc1N)c1cccnc1C#N. The van der Waals surface area contributed by atoms with Crippen molar-refractivity contribution in [1.82, 2.24) is 4.98 Å². The number of nitriles is 1. The molecule has 0 spiro atoms. The Morgan fingerprint density at radius 2 is 2.00 bits per heavy atom. The van der Waals surface area contributed by atoms with Gasteiger partial charge >= 0.3 is 0 Å². The summed E-state index contributed by atoms with van der Waals surface area (Å²) in [6, 6.07) is 13.9. The Hall–Kier alpha value is -2.54. The molecule has 0 radical (unpaired) electrons. The highest BCUT2D eigenvalue weighted by Crippen LogP contribution is 2.24. The van der Waals surface area contributed by atoms with E-state index >= 15 is 0 Å². The molecule has 0 amide bonds. The minimum Gasteiger partial charge on any atom is -0.398 e. The second-order valence-electron chi connectivity index (χ2n) is 4.90. The number of nitrogens with two attached hydrogens (primary N) is 1. The van der Waals surface area contributed by atoms with Crippen molar-refractivity contribution in [2.75, 3.05) is 10.6 Å². The number of anilines is 2. The molecule has 102 valence electrons. The van der Waals surface area contributed by atoms with Crippen LogP contribution >= 0.6 is 0 Å². The minimum absolute atomic E-state index is 0.242. The first kappa shape index (κ1) is 13.9. The maximum atomic E-state index is 9.21. The van der Waals surface area contributed by atoms with Crippen LogP contribution < -0.4 is 10.6 Å². The van der Waals surface area contributed by atoms with Crippen LogP contribution in [0, 0.1) is 11.3 Å². The van der Waals surface area contributed by atoms with E-state index in [0.717, 1.165) is 16.9 Å². The third-order valence-corrected chi connectivity index (χ3v) is 3.22. The smallest absolute Gasteiger partial charge is 0.163 e. The van der Waals surface area contributed by atoms with Gasteiger partial charge in [-0.2, -0.15) is 5.26 Å². The molecule has 1 aromatic heterocycles. The molecule has 0 aliphatic carbocycles. The third-order valence-electron chi connectivity index (χ3n) is 3.22. The molecule has 0 saturated carbocycles. The van der Waals surface area contributed by atoms with Crippen LogP contribution in [0.3, 0.4) is 0 Å². The highest BCUT2D eigenvalue weighted by molar-refractivity contribution is 5.58. The van der Waals surface area contributed by atoms with Gasteiger partial charge in [-0.25, -0.2) is 4.98 Å². The molecule has 0 fully saturated rings. The van der Waals surface area contributed by atoms with Crippen LogP contribution in [-0.4, -0.2) is 11.0 Å². The molecular formula is C16H18N4. The third kappa shape index (κ3) is 2.89. The zero-order chi connectivity index (χ0) is 14.5. The first-order valence-electron chi connectivity index (χ1n) is 6.58. The molecule has 4 heteroatoms. The molecule has 2 aromatic rings. The Morgan fingerprint density at radius 1 is 1.25 bits per heavy atom. The van der Waals surface area contributed by atoms with Crippen molar-refractivity contribution in [1.29, 1.82) is 5.26 Å². The molecule has 1 heterocycles. The molecule has 0 atom stereocenters. The summed E-state index contributed by atoms with van der Waals surface area (Å²) >= 11 is 0. The number of rotatable bonds is 4. The van der Waals surface area contributed by atoms with E-state index in [1.165, 1.54) is 0 Å². The molecule has 2 rings (SSSR count). The van der Waals surface area contributed by atoms with Gasteiger partial charge in [-0.1, -0.05) is 18.2 Å². The normalized spacial score (nSPS) is 10.3. The Kier molecular flexibility index (Phi) is 4.21. The lowest BCUT2D eigenvalue weighted by molar-refractivity contribution is 0.681. The van der Waals surface area contributed by atoms with E-state index in [9.17, 15) is 5.26 Å². The predicted octanol–water partition coefficient (Wildman–Crippen LogP) is 2.95. The molecule has 0 unspecified atom stereocenters. The van der Waals surface area contributed by atoms with Gasteiger partial charge in [0.15, 0.2) is 5.69 Å². The average Bonchev–Trinajstić information content (AvgIpc) is 2.46. The number of hydrogen-bond donors (Lipinski definition) is 1. The van der Waals surface area contributed by atoms with Crippen molar-refractivity contribution in [3.8, 4) is 6.07 Å². The zero-order valence-electron chi connectivity index (χ0n) is 11.7. The number of para-hydroxylation sites is 1. The van der Waals surface area contributed by atoms with Gasteiger partial charge in [0.05, 0.1) is 5.69 Å². The van der Waals surface area contributed by atoms with Crippen LogP contribution in [0.5, 0.6) is 0 Å². The summed E-state index contributed by atoms with van der Waals surface area (Å²) in [5.41, 5.74) is 9.11. The molecule has 4 nitrogen and oxygen atoms in total. The molecule has 20 heavy (non-hydrogen) atoms. The first-order chi connectivity index (χ1) is 9.63. The lowest BCUT2D eigenvalue weighted by Crippen LogP contribution is -2.31. The summed E-state index contributed by atoms with van der Waals surface area (Å²) in [7, 11) is 0. The molecule has 2 N–H and O–H groups in total. The summed E-state index contributed by atoms with van der Waals surface area (Å²) in [4.78, 5) is 6.27. The Bertz CT molecular complexity index is 628. The molecule has 0 saturated heterocycles. The van der Waals surface area contributed by atoms with Crippen LogP contribution in [0.1, 0.15) is 25.1 Å². The first-order valence-corrected chi connectivity index (χ1v) is 6.58. The highest BCUT2D eigenvalue weighted by Gasteiger charge is 2.16. The topological polar surface area (TPSA) is 65.9 Å². The van der Waals surface area contributed by atoms with Crippen molar-refractivity contribution < 1.29 is 0 Å². The number of benzene rings is 1. The summed E-state index contributed by atoms with van der Waals surface area (Å²) in [5, 5.41) is 9.21. The van der Waals surface area contributed by atoms with Gasteiger partial charge in [0.1, 0.15) is 6.07 Å². The summed E-state index contributed by atoms with van der Waals surface area (Å²) in [6.07, 6.45) is 1.64. The van der Waals surface area contributed by atoms with E-state index in [1.54, 1.807) is 6.20 Å². The quantitative estimate of drug-likeness (QED) is 0.864. The van der Waals surface area contributed by atoms with E-state index in [1.807, 2.05) is 36.4 Å². The summed E-state index contributed by atoms with van der Waals surface area (Å²) < 4.78 is 0. The van der Waals surface area contributed by atoms with Gasteiger partial charge in [-0.3, -0.25) is 0 Å². The second-order valence-corrected chi connectivity index (χ2v) is 4.90. The van der Waals surface area contributed by atoms with E-state index in [-0.39, 0.29) is 6.04 Å². The predicted molar refractivity (Wildman–Crippen MR) is 81.1 cm³/mol. The second kappa shape index (κ2) is 6.07. The number of nitrogens with zero attached hydrogens (tertiary/aromatic N) is 3. The maximum absolute atomic E-state index is 9.21. The van der Waals surface area contributed by atoms with Crippen LogP contribution in [0.2, 0.25) is 0 Å². The fourth-order valence-electron chi connectivity index (χ4n) is 2.12. The van der Waals surface area contributed by atoms with E-state index in [2.05, 4.69) is 29.8 Å². The lowest BCUT2D eigenvalue weighted by atomic mass is 10.1. The fraction of sp³-hybridized carbons (Fsp3) is 0.250. The molecule has 0 bridgehead atoms. The lowest BCUT2D eigenvalue weighted by Gasteiger charge is -2.29. The largest absolute Gasteiger partial charge is 0.398 e. The minimum atomic E-state index is 0.242. The van der Waals surface area contributed by atoms with Crippen LogP contribution in [0.4, 0.5) is 11.4 Å². The van der Waals surface area contributed by atoms with Gasteiger partial charge in [0.25, 0.3) is 0 Å². The van der Waals surface area contributed by atoms with Gasteiger partial charge < -0.3 is 10.6 Å². The van der Waals surface area contributed by atoms with Crippen molar-refractivity contribution >= 4 is 11.4 Å². The average molecular weight is 266 g/mol. The molecule has 0 aliphatic heterocycles. The van der Waals surface area contributed by atoms with Gasteiger partial charge in [0.2, 0.25) is 0 Å². The number of hydrogen-bond acceptors (Lipinski definition) is 4. The standard InChI is InChI=1S/C16H18N4/c1-12(2)20(11-13-6-3-4-7-14(13)18)16-8-5-9-19-15(16)10-17/h3-9,12H,11,18H2,1-2H3. The summed E-state index contributed by atoms with van der Waals surface area (Å²) in [6.45, 7) is 4.84. The maximum Gasteiger partial charge on any atom is 0.163 e. The Balaban J connectivity index is 2.38. The Morgan fingerprint density at radius 3 is 2.65 bits per heavy atom. The molecule has 0 aliphatic rings. The number of nitrogen functional groups attached to an aromatic ring is 1. The van der Waals surface area contributed by atoms with Crippen LogP contribution in [0.15, 0.2) is 42.6 Å². The number of aromatic nitrogens is 1. The molecular weight excluding hydrogens is 248 g/mol. The monoisotopic (exact) mass is 266 g/mol. The van der Waals surface area contributed by atoms with Gasteiger partial charge in [-0.15, -0.1) is 0 Å². The molecule has 1 aromatic carbocycles. The van der Waals surface area contributed by atoms with E-state index in [0.29, 0.717) is 12.2 Å². The van der Waals surface area contributed by atoms with Crippen molar-refractivity contribution in [3.63, 3.8) is 0 Å². The zero-order valence-corrected chi connectivity index (χ0v) is 11.7. The highest BCUT2D eigenvalue weighted by atomic mass is 15.2. The van der Waals surface area contributed by atoms with Crippen molar-refractivity contribution in [2.24, 2.45) is 0 Å². The van der Waals surface area contributed by atoms with Crippen molar-refractivity contribution in [2.45, 2.75) is 26.4 Å². The summed E-state index contributed by atoms with van der Waals surface area (Å²) in [5.74, 6) is 0. The van der Waals surface area contributed by atoms with E-state index < -0.39 is 0 Å².